The SMILES string of the molecule is Cc1ccc([C@H](C)n2cc(C(=O)NCc3ccncc3)nn2)cc1. The second kappa shape index (κ2) is 7.04. The zero-order chi connectivity index (χ0) is 16.9. The van der Waals surface area contributed by atoms with Crippen LogP contribution in [0, 0.1) is 6.92 Å². The quantitative estimate of drug-likeness (QED) is 0.784. The molecule has 3 rings (SSSR count). The minimum atomic E-state index is -0.242. The highest BCUT2D eigenvalue weighted by atomic mass is 16.2. The fourth-order valence-corrected chi connectivity index (χ4v) is 2.34. The van der Waals surface area contributed by atoms with Gasteiger partial charge in [-0.1, -0.05) is 35.0 Å². The lowest BCUT2D eigenvalue weighted by atomic mass is 10.1. The number of carbonyl (C=O) groups excluding carboxylic acids is 1. The maximum absolute atomic E-state index is 12.2. The van der Waals surface area contributed by atoms with Gasteiger partial charge in [-0.05, 0) is 37.1 Å². The number of aryl methyl sites for hydroxylation is 1. The van der Waals surface area contributed by atoms with Gasteiger partial charge in [0.05, 0.1) is 12.2 Å². The fraction of sp³-hybridized carbons (Fsp3) is 0.222. The smallest absolute Gasteiger partial charge is 0.273 e. The summed E-state index contributed by atoms with van der Waals surface area (Å²) in [7, 11) is 0. The molecule has 0 saturated carbocycles. The van der Waals surface area contributed by atoms with Gasteiger partial charge in [-0.3, -0.25) is 9.78 Å². The number of rotatable bonds is 5. The Bertz CT molecular complexity index is 811. The van der Waals surface area contributed by atoms with Gasteiger partial charge < -0.3 is 5.32 Å². The summed E-state index contributed by atoms with van der Waals surface area (Å²) in [6.45, 7) is 4.51. The second-order valence-corrected chi connectivity index (χ2v) is 5.71. The summed E-state index contributed by atoms with van der Waals surface area (Å²) in [5.74, 6) is -0.242. The van der Waals surface area contributed by atoms with Crippen molar-refractivity contribution >= 4 is 5.91 Å². The van der Waals surface area contributed by atoms with Gasteiger partial charge in [0.25, 0.3) is 5.91 Å². The van der Waals surface area contributed by atoms with Crippen LogP contribution in [0.2, 0.25) is 0 Å². The minimum Gasteiger partial charge on any atom is -0.347 e. The van der Waals surface area contributed by atoms with Crippen LogP contribution in [0.1, 0.15) is 40.1 Å². The van der Waals surface area contributed by atoms with Crippen LogP contribution in [-0.2, 0) is 6.54 Å². The number of nitrogens with zero attached hydrogens (tertiary/aromatic N) is 4. The van der Waals surface area contributed by atoms with Crippen LogP contribution in [0.15, 0.2) is 55.0 Å². The normalized spacial score (nSPS) is 11.9. The molecule has 0 fully saturated rings. The lowest BCUT2D eigenvalue weighted by Gasteiger charge is -2.11. The molecular weight excluding hydrogens is 302 g/mol. The van der Waals surface area contributed by atoms with Crippen molar-refractivity contribution in [1.29, 1.82) is 0 Å². The first-order valence-corrected chi connectivity index (χ1v) is 7.79. The molecule has 1 atom stereocenters. The Morgan fingerprint density at radius 3 is 2.58 bits per heavy atom. The van der Waals surface area contributed by atoms with Crippen molar-refractivity contribution in [3.05, 3.63) is 77.4 Å². The molecular formula is C18H19N5O. The Hall–Kier alpha value is -3.02. The molecule has 0 aliphatic carbocycles. The average molecular weight is 321 g/mol. The van der Waals surface area contributed by atoms with Gasteiger partial charge in [0.2, 0.25) is 0 Å². The molecule has 24 heavy (non-hydrogen) atoms. The third-order valence-corrected chi connectivity index (χ3v) is 3.90. The highest BCUT2D eigenvalue weighted by molar-refractivity contribution is 5.91. The molecule has 2 aromatic heterocycles. The van der Waals surface area contributed by atoms with Crippen molar-refractivity contribution in [1.82, 2.24) is 25.3 Å². The summed E-state index contributed by atoms with van der Waals surface area (Å²) in [6, 6.07) is 12.0. The van der Waals surface area contributed by atoms with Crippen LogP contribution in [-0.4, -0.2) is 25.9 Å². The van der Waals surface area contributed by atoms with E-state index in [0.717, 1.165) is 11.1 Å². The monoisotopic (exact) mass is 321 g/mol. The highest BCUT2D eigenvalue weighted by Crippen LogP contribution is 2.17. The Labute approximate surface area is 140 Å². The molecule has 0 bridgehead atoms. The number of aromatic nitrogens is 4. The first kappa shape index (κ1) is 15.9. The zero-order valence-corrected chi connectivity index (χ0v) is 13.7. The summed E-state index contributed by atoms with van der Waals surface area (Å²) < 4.78 is 1.70. The van der Waals surface area contributed by atoms with E-state index in [-0.39, 0.29) is 11.9 Å². The molecule has 122 valence electrons. The van der Waals surface area contributed by atoms with E-state index in [0.29, 0.717) is 12.2 Å². The van der Waals surface area contributed by atoms with Crippen LogP contribution < -0.4 is 5.32 Å². The van der Waals surface area contributed by atoms with Gasteiger partial charge in [0.1, 0.15) is 0 Å². The van der Waals surface area contributed by atoms with Crippen LogP contribution in [0.25, 0.3) is 0 Å². The second-order valence-electron chi connectivity index (χ2n) is 5.71. The van der Waals surface area contributed by atoms with Gasteiger partial charge in [0, 0.05) is 18.9 Å². The molecule has 6 nitrogen and oxygen atoms in total. The lowest BCUT2D eigenvalue weighted by molar-refractivity contribution is 0.0946. The van der Waals surface area contributed by atoms with Gasteiger partial charge in [-0.25, -0.2) is 4.68 Å². The van der Waals surface area contributed by atoms with E-state index in [1.54, 1.807) is 23.3 Å². The van der Waals surface area contributed by atoms with Crippen molar-refractivity contribution in [2.45, 2.75) is 26.4 Å². The van der Waals surface area contributed by atoms with E-state index in [1.807, 2.05) is 19.1 Å². The molecule has 0 aliphatic heterocycles. The van der Waals surface area contributed by atoms with Crippen molar-refractivity contribution in [2.75, 3.05) is 0 Å². The molecule has 3 aromatic rings. The number of benzene rings is 1. The third-order valence-electron chi connectivity index (χ3n) is 3.90. The number of pyridine rings is 1. The summed E-state index contributed by atoms with van der Waals surface area (Å²) in [6.07, 6.45) is 5.06. The fourth-order valence-electron chi connectivity index (χ4n) is 2.34. The van der Waals surface area contributed by atoms with Gasteiger partial charge >= 0.3 is 0 Å². The molecule has 0 aliphatic rings. The maximum atomic E-state index is 12.2. The summed E-state index contributed by atoms with van der Waals surface area (Å²) >= 11 is 0. The standard InChI is InChI=1S/C18H19N5O/c1-13-3-5-16(6-4-13)14(2)23-12-17(21-22-23)18(24)20-11-15-7-9-19-10-8-15/h3-10,12,14H,11H2,1-2H3,(H,20,24)/t14-/m0/s1. The predicted molar refractivity (Wildman–Crippen MR) is 90.4 cm³/mol. The lowest BCUT2D eigenvalue weighted by Crippen LogP contribution is -2.23. The van der Waals surface area contributed by atoms with E-state index in [2.05, 4.69) is 51.8 Å². The van der Waals surface area contributed by atoms with Crippen LogP contribution in [0.3, 0.4) is 0 Å². The van der Waals surface area contributed by atoms with Crippen molar-refractivity contribution < 1.29 is 4.79 Å². The largest absolute Gasteiger partial charge is 0.347 e. The Kier molecular flexibility index (Phi) is 4.65. The molecule has 0 saturated heterocycles. The van der Waals surface area contributed by atoms with Gasteiger partial charge in [-0.2, -0.15) is 0 Å². The number of hydrogen-bond donors (Lipinski definition) is 1. The van der Waals surface area contributed by atoms with Gasteiger partial charge in [-0.15, -0.1) is 5.10 Å². The maximum Gasteiger partial charge on any atom is 0.273 e. The third kappa shape index (κ3) is 3.65. The Balaban J connectivity index is 1.66. The molecule has 1 N–H and O–H groups in total. The summed E-state index contributed by atoms with van der Waals surface area (Å²) in [5.41, 5.74) is 3.62. The van der Waals surface area contributed by atoms with E-state index >= 15 is 0 Å². The predicted octanol–water partition coefficient (Wildman–Crippen LogP) is 2.52. The minimum absolute atomic E-state index is 0.0137. The van der Waals surface area contributed by atoms with E-state index in [4.69, 9.17) is 0 Å². The molecule has 2 heterocycles. The Morgan fingerprint density at radius 1 is 1.17 bits per heavy atom. The van der Waals surface area contributed by atoms with Gasteiger partial charge in [0.15, 0.2) is 5.69 Å². The molecule has 1 amide bonds. The molecule has 0 unspecified atom stereocenters. The topological polar surface area (TPSA) is 72.7 Å². The summed E-state index contributed by atoms with van der Waals surface area (Å²) in [5, 5.41) is 10.9. The average Bonchev–Trinajstić information content (AvgIpc) is 3.11. The van der Waals surface area contributed by atoms with Crippen molar-refractivity contribution in [2.24, 2.45) is 0 Å². The van der Waals surface area contributed by atoms with Crippen LogP contribution in [0.5, 0.6) is 0 Å². The number of amides is 1. The van der Waals surface area contributed by atoms with E-state index in [1.165, 1.54) is 5.56 Å². The first-order valence-electron chi connectivity index (χ1n) is 7.79. The zero-order valence-electron chi connectivity index (χ0n) is 13.7. The van der Waals surface area contributed by atoms with Crippen molar-refractivity contribution in [3.63, 3.8) is 0 Å². The molecule has 6 heteroatoms. The van der Waals surface area contributed by atoms with E-state index < -0.39 is 0 Å². The van der Waals surface area contributed by atoms with Crippen LogP contribution in [0.4, 0.5) is 0 Å². The number of hydrogen-bond acceptors (Lipinski definition) is 4. The molecule has 1 aromatic carbocycles. The first-order chi connectivity index (χ1) is 11.6. The number of carbonyl (C=O) groups is 1. The number of nitrogens with one attached hydrogen (secondary N) is 1. The molecule has 0 spiro atoms. The van der Waals surface area contributed by atoms with E-state index in [9.17, 15) is 4.79 Å². The van der Waals surface area contributed by atoms with Crippen LogP contribution >= 0.6 is 0 Å². The highest BCUT2D eigenvalue weighted by Gasteiger charge is 2.14. The van der Waals surface area contributed by atoms with Crippen molar-refractivity contribution in [3.8, 4) is 0 Å². The molecule has 0 radical (unpaired) electrons. The summed E-state index contributed by atoms with van der Waals surface area (Å²) in [4.78, 5) is 16.1. The Morgan fingerprint density at radius 2 is 1.88 bits per heavy atom.